The number of halogens is 1. The van der Waals surface area contributed by atoms with E-state index in [1.165, 1.54) is 4.57 Å². The summed E-state index contributed by atoms with van der Waals surface area (Å²) in [7, 11) is 1.59. The van der Waals surface area contributed by atoms with Crippen LogP contribution in [0.15, 0.2) is 82.0 Å². The van der Waals surface area contributed by atoms with Gasteiger partial charge in [-0.25, -0.2) is 9.55 Å². The Bertz CT molecular complexity index is 1440. The van der Waals surface area contributed by atoms with Gasteiger partial charge in [-0.15, -0.1) is 5.10 Å². The SMILES string of the molecule is COc1ccc(-c2nnc(-n3c(-c4ccccc4)nc4cc(Cl)ccc4c3=O)o2)cc1. The first-order chi connectivity index (χ1) is 15.1. The van der Waals surface area contributed by atoms with E-state index < -0.39 is 0 Å². The normalized spacial score (nSPS) is 11.0. The average Bonchev–Trinajstić information content (AvgIpc) is 3.29. The Kier molecular flexibility index (Phi) is 4.72. The summed E-state index contributed by atoms with van der Waals surface area (Å²) >= 11 is 6.12. The monoisotopic (exact) mass is 430 g/mol. The van der Waals surface area contributed by atoms with Crippen LogP contribution in [0, 0.1) is 0 Å². The van der Waals surface area contributed by atoms with E-state index in [2.05, 4.69) is 15.2 Å². The van der Waals surface area contributed by atoms with Gasteiger partial charge >= 0.3 is 6.01 Å². The maximum absolute atomic E-state index is 13.4. The number of rotatable bonds is 4. The topological polar surface area (TPSA) is 83.0 Å². The molecule has 5 aromatic rings. The average molecular weight is 431 g/mol. The molecule has 0 aliphatic carbocycles. The third-order valence-electron chi connectivity index (χ3n) is 4.81. The molecule has 5 rings (SSSR count). The van der Waals surface area contributed by atoms with Gasteiger partial charge in [-0.1, -0.05) is 47.0 Å². The van der Waals surface area contributed by atoms with Crippen molar-refractivity contribution >= 4 is 22.5 Å². The van der Waals surface area contributed by atoms with E-state index in [4.69, 9.17) is 20.8 Å². The van der Waals surface area contributed by atoms with Gasteiger partial charge in [-0.05, 0) is 42.5 Å². The molecule has 0 unspecified atom stereocenters. The fourth-order valence-corrected chi connectivity index (χ4v) is 3.44. The first kappa shape index (κ1) is 19.0. The van der Waals surface area contributed by atoms with Crippen LogP contribution < -0.4 is 10.3 Å². The van der Waals surface area contributed by atoms with Gasteiger partial charge in [0.05, 0.1) is 18.0 Å². The number of methoxy groups -OCH3 is 1. The predicted molar refractivity (Wildman–Crippen MR) is 118 cm³/mol. The lowest BCUT2D eigenvalue weighted by atomic mass is 10.2. The molecule has 152 valence electrons. The summed E-state index contributed by atoms with van der Waals surface area (Å²) < 4.78 is 12.4. The number of aromatic nitrogens is 4. The van der Waals surface area contributed by atoms with Gasteiger partial charge in [-0.2, -0.15) is 0 Å². The molecule has 7 nitrogen and oxygen atoms in total. The van der Waals surface area contributed by atoms with Crippen molar-refractivity contribution in [3.05, 3.63) is 88.2 Å². The molecule has 31 heavy (non-hydrogen) atoms. The van der Waals surface area contributed by atoms with Gasteiger partial charge < -0.3 is 9.15 Å². The maximum Gasteiger partial charge on any atom is 0.331 e. The molecule has 2 aromatic heterocycles. The standard InChI is InChI=1S/C23H15ClN4O3/c1-30-17-10-7-15(8-11-17)21-26-27-23(31-21)28-20(14-5-3-2-4-6-14)25-19-13-16(24)9-12-18(19)22(28)29/h2-13H,1H3. The minimum atomic E-state index is -0.328. The molecule has 0 aliphatic heterocycles. The van der Waals surface area contributed by atoms with Gasteiger partial charge in [0.1, 0.15) is 5.75 Å². The van der Waals surface area contributed by atoms with Crippen molar-refractivity contribution in [2.45, 2.75) is 0 Å². The Hall–Kier alpha value is -3.97. The zero-order valence-electron chi connectivity index (χ0n) is 16.3. The van der Waals surface area contributed by atoms with Crippen LogP contribution in [0.4, 0.5) is 0 Å². The summed E-state index contributed by atoms with van der Waals surface area (Å²) in [6, 6.07) is 21.5. The Labute approximate surface area is 181 Å². The van der Waals surface area contributed by atoms with Crippen LogP contribution in [0.1, 0.15) is 0 Å². The molecular formula is C23H15ClN4O3. The summed E-state index contributed by atoms with van der Waals surface area (Å²) in [6.07, 6.45) is 0. The van der Waals surface area contributed by atoms with Crippen LogP contribution in [-0.4, -0.2) is 26.9 Å². The molecule has 0 radical (unpaired) electrons. The predicted octanol–water partition coefficient (Wildman–Crippen LogP) is 4.76. The van der Waals surface area contributed by atoms with E-state index >= 15 is 0 Å². The minimum absolute atomic E-state index is 0.0269. The summed E-state index contributed by atoms with van der Waals surface area (Å²) in [5, 5.41) is 9.14. The summed E-state index contributed by atoms with van der Waals surface area (Å²) in [4.78, 5) is 18.1. The van der Waals surface area contributed by atoms with Crippen LogP contribution in [0.3, 0.4) is 0 Å². The lowest BCUT2D eigenvalue weighted by Gasteiger charge is -2.10. The van der Waals surface area contributed by atoms with Gasteiger partial charge in [-0.3, -0.25) is 4.79 Å². The van der Waals surface area contributed by atoms with Crippen LogP contribution in [0.5, 0.6) is 5.75 Å². The smallest absolute Gasteiger partial charge is 0.331 e. The van der Waals surface area contributed by atoms with E-state index in [1.807, 2.05) is 30.3 Å². The van der Waals surface area contributed by atoms with E-state index in [1.54, 1.807) is 49.6 Å². The van der Waals surface area contributed by atoms with Crippen molar-refractivity contribution < 1.29 is 9.15 Å². The highest BCUT2D eigenvalue weighted by molar-refractivity contribution is 6.31. The molecule has 8 heteroatoms. The molecule has 0 spiro atoms. The summed E-state index contributed by atoms with van der Waals surface area (Å²) in [6.45, 7) is 0. The molecule has 2 heterocycles. The number of hydrogen-bond acceptors (Lipinski definition) is 6. The molecule has 0 saturated heterocycles. The molecule has 0 bridgehead atoms. The van der Waals surface area contributed by atoms with Crippen LogP contribution in [0.2, 0.25) is 5.02 Å². The zero-order valence-corrected chi connectivity index (χ0v) is 17.1. The molecule has 0 saturated carbocycles. The Balaban J connectivity index is 1.72. The third kappa shape index (κ3) is 3.45. The van der Waals surface area contributed by atoms with Crippen molar-refractivity contribution in [1.82, 2.24) is 19.7 Å². The molecule has 0 N–H and O–H groups in total. The first-order valence-corrected chi connectivity index (χ1v) is 9.78. The summed E-state index contributed by atoms with van der Waals surface area (Å²) in [5.74, 6) is 1.37. The van der Waals surface area contributed by atoms with E-state index in [0.29, 0.717) is 33.1 Å². The first-order valence-electron chi connectivity index (χ1n) is 9.40. The van der Waals surface area contributed by atoms with Gasteiger partial charge in [0.15, 0.2) is 5.82 Å². The van der Waals surface area contributed by atoms with Crippen molar-refractivity contribution in [1.29, 1.82) is 0 Å². The number of benzene rings is 3. The summed E-state index contributed by atoms with van der Waals surface area (Å²) in [5.41, 5.74) is 1.59. The van der Waals surface area contributed by atoms with E-state index in [9.17, 15) is 4.79 Å². The van der Waals surface area contributed by atoms with Crippen LogP contribution in [0.25, 0.3) is 39.8 Å². The van der Waals surface area contributed by atoms with E-state index in [-0.39, 0.29) is 17.5 Å². The molecule has 0 amide bonds. The van der Waals surface area contributed by atoms with Gasteiger partial charge in [0.25, 0.3) is 5.56 Å². The zero-order chi connectivity index (χ0) is 21.4. The quantitative estimate of drug-likeness (QED) is 0.408. The fourth-order valence-electron chi connectivity index (χ4n) is 3.27. The Morgan fingerprint density at radius 2 is 1.71 bits per heavy atom. The molecule has 0 aliphatic rings. The van der Waals surface area contributed by atoms with Crippen LogP contribution >= 0.6 is 11.6 Å². The highest BCUT2D eigenvalue weighted by Gasteiger charge is 2.19. The maximum atomic E-state index is 13.4. The molecule has 0 fully saturated rings. The second kappa shape index (κ2) is 7.70. The Morgan fingerprint density at radius 1 is 0.935 bits per heavy atom. The number of fused-ring (bicyclic) bond motifs is 1. The molecule has 0 atom stereocenters. The second-order valence-corrected chi connectivity index (χ2v) is 7.16. The van der Waals surface area contributed by atoms with Crippen molar-refractivity contribution in [2.24, 2.45) is 0 Å². The fraction of sp³-hybridized carbons (Fsp3) is 0.0435. The van der Waals surface area contributed by atoms with Crippen molar-refractivity contribution in [3.8, 4) is 34.6 Å². The highest BCUT2D eigenvalue weighted by Crippen LogP contribution is 2.26. The second-order valence-electron chi connectivity index (χ2n) is 6.72. The van der Waals surface area contributed by atoms with Crippen molar-refractivity contribution in [2.75, 3.05) is 7.11 Å². The number of hydrogen-bond donors (Lipinski definition) is 0. The minimum Gasteiger partial charge on any atom is -0.497 e. The number of nitrogens with zero attached hydrogens (tertiary/aromatic N) is 4. The van der Waals surface area contributed by atoms with Gasteiger partial charge in [0.2, 0.25) is 5.89 Å². The lowest BCUT2D eigenvalue weighted by Crippen LogP contribution is -2.22. The lowest BCUT2D eigenvalue weighted by molar-refractivity contribution is 0.415. The highest BCUT2D eigenvalue weighted by atomic mass is 35.5. The number of ether oxygens (including phenoxy) is 1. The van der Waals surface area contributed by atoms with E-state index in [0.717, 1.165) is 5.56 Å². The largest absolute Gasteiger partial charge is 0.497 e. The molecule has 3 aromatic carbocycles. The third-order valence-corrected chi connectivity index (χ3v) is 5.04. The van der Waals surface area contributed by atoms with Crippen molar-refractivity contribution in [3.63, 3.8) is 0 Å². The van der Waals surface area contributed by atoms with Crippen LogP contribution in [-0.2, 0) is 0 Å². The Morgan fingerprint density at radius 3 is 2.45 bits per heavy atom. The van der Waals surface area contributed by atoms with Gasteiger partial charge in [0, 0.05) is 16.1 Å². The molecular weight excluding hydrogens is 416 g/mol.